The van der Waals surface area contributed by atoms with E-state index in [1.807, 2.05) is 13.8 Å². The number of carbonyl (C=O) groups is 1. The molecule has 0 heterocycles. The van der Waals surface area contributed by atoms with Gasteiger partial charge < -0.3 is 14.8 Å². The highest BCUT2D eigenvalue weighted by atomic mass is 35.5. The first-order valence-electron chi connectivity index (χ1n) is 8.21. The molecule has 0 bridgehead atoms. The number of anilines is 1. The van der Waals surface area contributed by atoms with Crippen LogP contribution in [-0.2, 0) is 0 Å². The molecule has 0 unspecified atom stereocenters. The Labute approximate surface area is 158 Å². The Hall–Kier alpha value is -1.91. The predicted molar refractivity (Wildman–Crippen MR) is 102 cm³/mol. The van der Waals surface area contributed by atoms with Gasteiger partial charge in [0.2, 0.25) is 0 Å². The van der Waals surface area contributed by atoms with E-state index in [9.17, 15) is 4.79 Å². The van der Waals surface area contributed by atoms with Crippen molar-refractivity contribution in [2.24, 2.45) is 0 Å². The van der Waals surface area contributed by atoms with E-state index >= 15 is 0 Å². The molecule has 0 aliphatic carbocycles. The van der Waals surface area contributed by atoms with Gasteiger partial charge in [0.25, 0.3) is 5.91 Å². The summed E-state index contributed by atoms with van der Waals surface area (Å²) in [6, 6.07) is 10.1. The minimum Gasteiger partial charge on any atom is -0.490 e. The van der Waals surface area contributed by atoms with E-state index < -0.39 is 0 Å². The predicted octanol–water partition coefficient (Wildman–Crippen LogP) is 5.82. The Morgan fingerprint density at radius 1 is 0.920 bits per heavy atom. The second-order valence-corrected chi connectivity index (χ2v) is 6.26. The van der Waals surface area contributed by atoms with E-state index in [0.717, 1.165) is 12.8 Å². The lowest BCUT2D eigenvalue weighted by atomic mass is 10.2. The van der Waals surface area contributed by atoms with E-state index in [1.165, 1.54) is 6.07 Å². The SMILES string of the molecule is CCCOc1ccc(NC(=O)c2ccc(Cl)c(Cl)c2)cc1OCCC. The van der Waals surface area contributed by atoms with Crippen molar-refractivity contribution in [3.63, 3.8) is 0 Å². The minimum absolute atomic E-state index is 0.276. The van der Waals surface area contributed by atoms with Gasteiger partial charge in [-0.1, -0.05) is 37.0 Å². The molecule has 0 aliphatic heterocycles. The topological polar surface area (TPSA) is 47.6 Å². The zero-order valence-electron chi connectivity index (χ0n) is 14.3. The molecule has 0 saturated heterocycles. The van der Waals surface area contributed by atoms with Crippen molar-refractivity contribution in [3.05, 3.63) is 52.0 Å². The second-order valence-electron chi connectivity index (χ2n) is 5.44. The van der Waals surface area contributed by atoms with Crippen LogP contribution in [0.4, 0.5) is 5.69 Å². The van der Waals surface area contributed by atoms with Crippen molar-refractivity contribution in [2.75, 3.05) is 18.5 Å². The quantitative estimate of drug-likeness (QED) is 0.626. The van der Waals surface area contributed by atoms with E-state index in [4.69, 9.17) is 32.7 Å². The number of ether oxygens (including phenoxy) is 2. The van der Waals surface area contributed by atoms with Crippen molar-refractivity contribution in [3.8, 4) is 11.5 Å². The van der Waals surface area contributed by atoms with Crippen LogP contribution in [-0.4, -0.2) is 19.1 Å². The lowest BCUT2D eigenvalue weighted by Crippen LogP contribution is -2.12. The summed E-state index contributed by atoms with van der Waals surface area (Å²) in [5.41, 5.74) is 1.04. The van der Waals surface area contributed by atoms with Crippen molar-refractivity contribution in [2.45, 2.75) is 26.7 Å². The van der Waals surface area contributed by atoms with Crippen molar-refractivity contribution in [1.29, 1.82) is 0 Å². The second kappa shape index (κ2) is 9.54. The summed E-state index contributed by atoms with van der Waals surface area (Å²) >= 11 is 11.8. The number of hydrogen-bond acceptors (Lipinski definition) is 3. The smallest absolute Gasteiger partial charge is 0.255 e. The van der Waals surface area contributed by atoms with Gasteiger partial charge in [0.05, 0.1) is 23.3 Å². The average Bonchev–Trinajstić information content (AvgIpc) is 2.61. The first-order chi connectivity index (χ1) is 12.0. The third kappa shape index (κ3) is 5.55. The summed E-state index contributed by atoms with van der Waals surface area (Å²) < 4.78 is 11.4. The maximum absolute atomic E-state index is 12.4. The Morgan fingerprint density at radius 3 is 2.24 bits per heavy atom. The fraction of sp³-hybridized carbons (Fsp3) is 0.316. The van der Waals surface area contributed by atoms with Crippen LogP contribution in [0.25, 0.3) is 0 Å². The number of carbonyl (C=O) groups excluding carboxylic acids is 1. The highest BCUT2D eigenvalue weighted by molar-refractivity contribution is 6.42. The zero-order chi connectivity index (χ0) is 18.2. The van der Waals surface area contributed by atoms with E-state index in [-0.39, 0.29) is 5.91 Å². The monoisotopic (exact) mass is 381 g/mol. The first kappa shape index (κ1) is 19.4. The van der Waals surface area contributed by atoms with Crippen molar-refractivity contribution >= 4 is 34.8 Å². The molecule has 4 nitrogen and oxygen atoms in total. The molecular formula is C19H21Cl2NO3. The van der Waals surface area contributed by atoms with E-state index in [2.05, 4.69) is 5.32 Å². The van der Waals surface area contributed by atoms with Crippen molar-refractivity contribution in [1.82, 2.24) is 0 Å². The summed E-state index contributed by atoms with van der Waals surface area (Å²) in [6.07, 6.45) is 1.79. The fourth-order valence-electron chi connectivity index (χ4n) is 2.08. The van der Waals surface area contributed by atoms with Crippen LogP contribution in [0.3, 0.4) is 0 Å². The van der Waals surface area contributed by atoms with Gasteiger partial charge in [0.15, 0.2) is 11.5 Å². The minimum atomic E-state index is -0.276. The van der Waals surface area contributed by atoms with Crippen LogP contribution in [0.2, 0.25) is 10.0 Å². The highest BCUT2D eigenvalue weighted by Gasteiger charge is 2.11. The molecule has 0 aromatic heterocycles. The van der Waals surface area contributed by atoms with E-state index in [1.54, 1.807) is 30.3 Å². The van der Waals surface area contributed by atoms with Gasteiger partial charge in [-0.15, -0.1) is 0 Å². The Morgan fingerprint density at radius 2 is 1.60 bits per heavy atom. The number of halogens is 2. The van der Waals surface area contributed by atoms with Crippen molar-refractivity contribution < 1.29 is 14.3 Å². The molecule has 0 saturated carbocycles. The molecule has 0 aliphatic rings. The van der Waals surface area contributed by atoms with Gasteiger partial charge in [0.1, 0.15) is 0 Å². The first-order valence-corrected chi connectivity index (χ1v) is 8.96. The van der Waals surface area contributed by atoms with Crippen LogP contribution in [0, 0.1) is 0 Å². The largest absolute Gasteiger partial charge is 0.490 e. The van der Waals surface area contributed by atoms with Gasteiger partial charge in [-0.25, -0.2) is 0 Å². The van der Waals surface area contributed by atoms with Gasteiger partial charge >= 0.3 is 0 Å². The molecule has 0 spiro atoms. The Kier molecular flexibility index (Phi) is 7.41. The molecule has 6 heteroatoms. The molecule has 25 heavy (non-hydrogen) atoms. The summed E-state index contributed by atoms with van der Waals surface area (Å²) in [6.45, 7) is 5.25. The summed E-state index contributed by atoms with van der Waals surface area (Å²) in [4.78, 5) is 12.4. The lowest BCUT2D eigenvalue weighted by Gasteiger charge is -2.14. The molecule has 134 valence electrons. The average molecular weight is 382 g/mol. The Bertz CT molecular complexity index is 735. The summed E-state index contributed by atoms with van der Waals surface area (Å²) in [7, 11) is 0. The maximum Gasteiger partial charge on any atom is 0.255 e. The zero-order valence-corrected chi connectivity index (χ0v) is 15.8. The molecule has 0 fully saturated rings. The summed E-state index contributed by atoms with van der Waals surface area (Å²) in [5.74, 6) is 1.01. The highest BCUT2D eigenvalue weighted by Crippen LogP contribution is 2.31. The number of hydrogen-bond donors (Lipinski definition) is 1. The van der Waals surface area contributed by atoms with Crippen LogP contribution < -0.4 is 14.8 Å². The maximum atomic E-state index is 12.4. The molecule has 0 radical (unpaired) electrons. The molecule has 2 aromatic carbocycles. The molecule has 0 atom stereocenters. The lowest BCUT2D eigenvalue weighted by molar-refractivity contribution is 0.102. The molecule has 1 N–H and O–H groups in total. The third-order valence-electron chi connectivity index (χ3n) is 3.31. The molecule has 2 rings (SSSR count). The molecule has 1 amide bonds. The Balaban J connectivity index is 2.17. The number of amides is 1. The summed E-state index contributed by atoms with van der Waals surface area (Å²) in [5, 5.41) is 3.57. The molecule has 2 aromatic rings. The number of rotatable bonds is 8. The van der Waals surface area contributed by atoms with E-state index in [0.29, 0.717) is 46.0 Å². The van der Waals surface area contributed by atoms with Gasteiger partial charge in [-0.3, -0.25) is 4.79 Å². The van der Waals surface area contributed by atoms with Crippen LogP contribution >= 0.6 is 23.2 Å². The van der Waals surface area contributed by atoms with Crippen LogP contribution in [0.15, 0.2) is 36.4 Å². The number of benzene rings is 2. The fourth-order valence-corrected chi connectivity index (χ4v) is 2.38. The third-order valence-corrected chi connectivity index (χ3v) is 4.05. The number of nitrogens with one attached hydrogen (secondary N) is 1. The van der Waals surface area contributed by atoms with Gasteiger partial charge in [-0.2, -0.15) is 0 Å². The van der Waals surface area contributed by atoms with Crippen LogP contribution in [0.1, 0.15) is 37.0 Å². The standard InChI is InChI=1S/C19H21Cl2NO3/c1-3-9-24-17-8-6-14(12-18(17)25-10-4-2)22-19(23)13-5-7-15(20)16(21)11-13/h5-8,11-12H,3-4,9-10H2,1-2H3,(H,22,23). The van der Waals surface area contributed by atoms with Gasteiger partial charge in [-0.05, 0) is 43.2 Å². The van der Waals surface area contributed by atoms with Gasteiger partial charge in [0, 0.05) is 17.3 Å². The van der Waals surface area contributed by atoms with Crippen LogP contribution in [0.5, 0.6) is 11.5 Å². The normalized spacial score (nSPS) is 10.4. The molecular weight excluding hydrogens is 361 g/mol.